The van der Waals surface area contributed by atoms with Crippen molar-refractivity contribution in [3.63, 3.8) is 0 Å². The maximum absolute atomic E-state index is 5.56. The fraction of sp³-hybridized carbons (Fsp3) is 0.412. The average molecular weight is 302 g/mol. The summed E-state index contributed by atoms with van der Waals surface area (Å²) in [6.07, 6.45) is 0. The topological polar surface area (TPSA) is 24.5 Å². The van der Waals surface area contributed by atoms with Crippen LogP contribution in [0.5, 0.6) is 5.75 Å². The Hall–Kier alpha value is -1.36. The van der Waals surface area contributed by atoms with Gasteiger partial charge in [-0.2, -0.15) is 11.3 Å². The van der Waals surface area contributed by atoms with Crippen LogP contribution in [0.25, 0.3) is 0 Å². The third-order valence-electron chi connectivity index (χ3n) is 3.88. The van der Waals surface area contributed by atoms with Crippen molar-refractivity contribution < 1.29 is 4.74 Å². The van der Waals surface area contributed by atoms with Crippen LogP contribution in [-0.2, 0) is 0 Å². The molecule has 3 rings (SSSR count). The fourth-order valence-electron chi connectivity index (χ4n) is 2.90. The van der Waals surface area contributed by atoms with Gasteiger partial charge in [0.15, 0.2) is 0 Å². The molecule has 21 heavy (non-hydrogen) atoms. The first-order chi connectivity index (χ1) is 10.4. The number of hydrogen-bond donors (Lipinski definition) is 1. The van der Waals surface area contributed by atoms with Crippen LogP contribution in [0.15, 0.2) is 41.1 Å². The number of benzene rings is 1. The van der Waals surface area contributed by atoms with E-state index in [0.29, 0.717) is 12.6 Å². The number of nitrogens with one attached hydrogen (secondary N) is 1. The van der Waals surface area contributed by atoms with Gasteiger partial charge in [-0.05, 0) is 47.0 Å². The van der Waals surface area contributed by atoms with Crippen molar-refractivity contribution in [3.8, 4) is 5.75 Å². The zero-order chi connectivity index (χ0) is 14.5. The minimum atomic E-state index is 0.356. The average Bonchev–Trinajstić information content (AvgIpc) is 3.05. The zero-order valence-corrected chi connectivity index (χ0v) is 13.2. The van der Waals surface area contributed by atoms with Crippen LogP contribution in [0.1, 0.15) is 24.1 Å². The molecule has 1 fully saturated rings. The lowest BCUT2D eigenvalue weighted by atomic mass is 9.99. The van der Waals surface area contributed by atoms with Gasteiger partial charge >= 0.3 is 0 Å². The van der Waals surface area contributed by atoms with Crippen LogP contribution < -0.4 is 10.1 Å². The van der Waals surface area contributed by atoms with Crippen molar-refractivity contribution in [1.82, 2.24) is 10.2 Å². The molecule has 0 radical (unpaired) electrons. The molecule has 1 saturated heterocycles. The van der Waals surface area contributed by atoms with E-state index in [2.05, 4.69) is 51.3 Å². The van der Waals surface area contributed by atoms with E-state index < -0.39 is 0 Å². The van der Waals surface area contributed by atoms with E-state index in [1.807, 2.05) is 6.92 Å². The van der Waals surface area contributed by atoms with Gasteiger partial charge in [0, 0.05) is 26.2 Å². The summed E-state index contributed by atoms with van der Waals surface area (Å²) in [5.74, 6) is 0.950. The normalized spacial score (nSPS) is 17.6. The second kappa shape index (κ2) is 7.07. The molecule has 4 heteroatoms. The Morgan fingerprint density at radius 2 is 1.90 bits per heavy atom. The number of ether oxygens (including phenoxy) is 1. The predicted molar refractivity (Wildman–Crippen MR) is 88.2 cm³/mol. The monoisotopic (exact) mass is 302 g/mol. The number of piperazine rings is 1. The Bertz CT molecular complexity index is 532. The van der Waals surface area contributed by atoms with E-state index in [1.165, 1.54) is 11.1 Å². The van der Waals surface area contributed by atoms with Crippen LogP contribution in [0.4, 0.5) is 0 Å². The van der Waals surface area contributed by atoms with Crippen LogP contribution in [0.3, 0.4) is 0 Å². The first-order valence-electron chi connectivity index (χ1n) is 7.58. The quantitative estimate of drug-likeness (QED) is 0.918. The van der Waals surface area contributed by atoms with Crippen molar-refractivity contribution in [1.29, 1.82) is 0 Å². The lowest BCUT2D eigenvalue weighted by Gasteiger charge is -2.35. The summed E-state index contributed by atoms with van der Waals surface area (Å²) >= 11 is 1.77. The van der Waals surface area contributed by atoms with Gasteiger partial charge < -0.3 is 10.1 Å². The smallest absolute Gasteiger partial charge is 0.119 e. The molecule has 2 aromatic rings. The highest BCUT2D eigenvalue weighted by Gasteiger charge is 2.24. The molecule has 1 aromatic heterocycles. The van der Waals surface area contributed by atoms with Gasteiger partial charge in [0.05, 0.1) is 12.6 Å². The minimum Gasteiger partial charge on any atom is -0.494 e. The molecule has 0 amide bonds. The van der Waals surface area contributed by atoms with Crippen molar-refractivity contribution in [3.05, 3.63) is 52.2 Å². The molecule has 1 aromatic carbocycles. The van der Waals surface area contributed by atoms with Crippen LogP contribution in [-0.4, -0.2) is 37.7 Å². The molecule has 0 bridgehead atoms. The molecule has 1 atom stereocenters. The first-order valence-corrected chi connectivity index (χ1v) is 8.52. The van der Waals surface area contributed by atoms with Gasteiger partial charge in [0.2, 0.25) is 0 Å². The van der Waals surface area contributed by atoms with E-state index in [1.54, 1.807) is 11.3 Å². The Morgan fingerprint density at radius 3 is 2.52 bits per heavy atom. The van der Waals surface area contributed by atoms with Crippen molar-refractivity contribution in [2.45, 2.75) is 13.0 Å². The largest absolute Gasteiger partial charge is 0.494 e. The third kappa shape index (κ3) is 3.46. The van der Waals surface area contributed by atoms with Crippen molar-refractivity contribution >= 4 is 11.3 Å². The highest BCUT2D eigenvalue weighted by atomic mass is 32.1. The lowest BCUT2D eigenvalue weighted by molar-refractivity contribution is 0.198. The van der Waals surface area contributed by atoms with E-state index in [9.17, 15) is 0 Å². The van der Waals surface area contributed by atoms with Crippen LogP contribution in [0.2, 0.25) is 0 Å². The molecular formula is C17H22N2OS. The SMILES string of the molecule is CCOc1ccc(C(c2ccsc2)N2CCNCC2)cc1. The van der Waals surface area contributed by atoms with Gasteiger partial charge in [-0.1, -0.05) is 12.1 Å². The highest BCUT2D eigenvalue weighted by Crippen LogP contribution is 2.31. The molecule has 112 valence electrons. The van der Waals surface area contributed by atoms with E-state index in [4.69, 9.17) is 4.74 Å². The van der Waals surface area contributed by atoms with Crippen molar-refractivity contribution in [2.24, 2.45) is 0 Å². The Kier molecular flexibility index (Phi) is 4.91. The van der Waals surface area contributed by atoms with E-state index >= 15 is 0 Å². The molecule has 2 heterocycles. The van der Waals surface area contributed by atoms with Crippen LogP contribution in [0, 0.1) is 0 Å². The predicted octanol–water partition coefficient (Wildman–Crippen LogP) is 3.14. The Balaban J connectivity index is 1.87. The Morgan fingerprint density at radius 1 is 1.14 bits per heavy atom. The maximum atomic E-state index is 5.56. The minimum absolute atomic E-state index is 0.356. The number of nitrogens with zero attached hydrogens (tertiary/aromatic N) is 1. The molecule has 1 aliphatic rings. The number of thiophene rings is 1. The molecule has 3 nitrogen and oxygen atoms in total. The zero-order valence-electron chi connectivity index (χ0n) is 12.4. The van der Waals surface area contributed by atoms with Gasteiger partial charge in [-0.15, -0.1) is 0 Å². The van der Waals surface area contributed by atoms with Gasteiger partial charge in [-0.25, -0.2) is 0 Å². The summed E-state index contributed by atoms with van der Waals surface area (Å²) in [6, 6.07) is 11.2. The molecule has 0 spiro atoms. The fourth-order valence-corrected chi connectivity index (χ4v) is 3.58. The van der Waals surface area contributed by atoms with Gasteiger partial charge in [0.1, 0.15) is 5.75 Å². The summed E-state index contributed by atoms with van der Waals surface area (Å²) in [7, 11) is 0. The molecule has 0 aliphatic carbocycles. The molecular weight excluding hydrogens is 280 g/mol. The highest BCUT2D eigenvalue weighted by molar-refractivity contribution is 7.08. The van der Waals surface area contributed by atoms with Crippen molar-refractivity contribution in [2.75, 3.05) is 32.8 Å². The van der Waals surface area contributed by atoms with E-state index in [0.717, 1.165) is 31.9 Å². The molecule has 1 aliphatic heterocycles. The summed E-state index contributed by atoms with van der Waals surface area (Å²) in [5.41, 5.74) is 2.74. The number of rotatable bonds is 5. The first kappa shape index (κ1) is 14.6. The molecule has 0 saturated carbocycles. The van der Waals surface area contributed by atoms with Crippen LogP contribution >= 0.6 is 11.3 Å². The Labute approximate surface area is 130 Å². The second-order valence-electron chi connectivity index (χ2n) is 5.25. The maximum Gasteiger partial charge on any atom is 0.119 e. The second-order valence-corrected chi connectivity index (χ2v) is 6.03. The summed E-state index contributed by atoms with van der Waals surface area (Å²) in [4.78, 5) is 2.56. The summed E-state index contributed by atoms with van der Waals surface area (Å²) < 4.78 is 5.56. The number of hydrogen-bond acceptors (Lipinski definition) is 4. The third-order valence-corrected chi connectivity index (χ3v) is 4.58. The molecule has 1 N–H and O–H groups in total. The van der Waals surface area contributed by atoms with Gasteiger partial charge in [-0.3, -0.25) is 4.90 Å². The lowest BCUT2D eigenvalue weighted by Crippen LogP contribution is -2.45. The molecule has 1 unspecified atom stereocenters. The summed E-state index contributed by atoms with van der Waals surface area (Å²) in [5, 5.41) is 7.87. The van der Waals surface area contributed by atoms with Gasteiger partial charge in [0.25, 0.3) is 0 Å². The standard InChI is InChI=1S/C17H22N2OS/c1-2-20-16-5-3-14(4-6-16)17(15-7-12-21-13-15)19-10-8-18-9-11-19/h3-7,12-13,17-18H,2,8-11H2,1H3. The van der Waals surface area contributed by atoms with E-state index in [-0.39, 0.29) is 0 Å². The summed E-state index contributed by atoms with van der Waals surface area (Å²) in [6.45, 7) is 7.05.